The molecule has 9 nitrogen and oxygen atoms in total. The largest absolute Gasteiger partial charge is 0.416 e. The topological polar surface area (TPSA) is 90.9 Å². The molecule has 2 aliphatic rings. The zero-order valence-electron chi connectivity index (χ0n) is 22.7. The maximum atomic E-state index is 12.7. The van der Waals surface area contributed by atoms with Gasteiger partial charge in [0.15, 0.2) is 0 Å². The summed E-state index contributed by atoms with van der Waals surface area (Å²) in [5.74, 6) is 0.897. The highest BCUT2D eigenvalue weighted by atomic mass is 16.6. The van der Waals surface area contributed by atoms with Crippen LogP contribution in [0, 0.1) is 6.92 Å². The average Bonchev–Trinajstić information content (AvgIpc) is 2.96. The summed E-state index contributed by atoms with van der Waals surface area (Å²) in [7, 11) is 0. The molecule has 0 saturated carbocycles. The number of nitrogens with one attached hydrogen (secondary N) is 1. The second kappa shape index (κ2) is 12.3. The number of pyridine rings is 2. The van der Waals surface area contributed by atoms with E-state index >= 15 is 0 Å². The van der Waals surface area contributed by atoms with Gasteiger partial charge in [0, 0.05) is 56.6 Å². The van der Waals surface area contributed by atoms with Gasteiger partial charge in [-0.05, 0) is 68.6 Å². The second-order valence-electron chi connectivity index (χ2n) is 10.4. The van der Waals surface area contributed by atoms with Crippen LogP contribution in [-0.4, -0.2) is 70.5 Å². The van der Waals surface area contributed by atoms with Crippen LogP contribution in [0.3, 0.4) is 0 Å². The number of carbonyl (C=O) groups is 2. The zero-order chi connectivity index (χ0) is 27.2. The van der Waals surface area contributed by atoms with E-state index in [1.54, 1.807) is 17.0 Å². The first-order valence-electron chi connectivity index (χ1n) is 13.7. The van der Waals surface area contributed by atoms with Crippen molar-refractivity contribution in [1.29, 1.82) is 0 Å². The highest BCUT2D eigenvalue weighted by Crippen LogP contribution is 2.20. The van der Waals surface area contributed by atoms with Gasteiger partial charge in [-0.2, -0.15) is 0 Å². The molecule has 0 aliphatic carbocycles. The molecule has 1 unspecified atom stereocenters. The van der Waals surface area contributed by atoms with Gasteiger partial charge in [0.25, 0.3) is 5.91 Å². The molecule has 2 fully saturated rings. The van der Waals surface area contributed by atoms with Crippen LogP contribution in [0.15, 0.2) is 60.9 Å². The van der Waals surface area contributed by atoms with Crippen LogP contribution in [0.5, 0.6) is 5.88 Å². The Kier molecular flexibility index (Phi) is 8.36. The van der Waals surface area contributed by atoms with Crippen LogP contribution >= 0.6 is 0 Å². The molecular formula is C30H36N6O3. The molecule has 3 aromatic rings. The minimum absolute atomic E-state index is 0.192. The van der Waals surface area contributed by atoms with Crippen LogP contribution in [-0.2, 0) is 6.54 Å². The van der Waals surface area contributed by atoms with E-state index in [9.17, 15) is 9.59 Å². The lowest BCUT2D eigenvalue weighted by atomic mass is 10.0. The summed E-state index contributed by atoms with van der Waals surface area (Å²) >= 11 is 0. The summed E-state index contributed by atoms with van der Waals surface area (Å²) < 4.78 is 5.46. The number of piperidine rings is 1. The Morgan fingerprint density at radius 1 is 0.923 bits per heavy atom. The molecule has 0 bridgehead atoms. The molecule has 2 aliphatic heterocycles. The van der Waals surface area contributed by atoms with E-state index in [1.165, 1.54) is 31.0 Å². The monoisotopic (exact) mass is 528 g/mol. The smallest absolute Gasteiger partial charge is 0.391 e. The third-order valence-electron chi connectivity index (χ3n) is 7.49. The Bertz CT molecular complexity index is 1260. The summed E-state index contributed by atoms with van der Waals surface area (Å²) in [6.07, 6.45) is 6.71. The van der Waals surface area contributed by atoms with Crippen molar-refractivity contribution in [1.82, 2.24) is 19.8 Å². The fraction of sp³-hybridized carbons (Fsp3) is 0.400. The number of piperazine rings is 1. The van der Waals surface area contributed by atoms with Crippen LogP contribution in [0.1, 0.15) is 47.7 Å². The lowest BCUT2D eigenvalue weighted by Gasteiger charge is -2.34. The predicted octanol–water partition coefficient (Wildman–Crippen LogP) is 4.73. The Morgan fingerprint density at radius 2 is 1.72 bits per heavy atom. The number of aryl methyl sites for hydroxylation is 1. The van der Waals surface area contributed by atoms with Crippen molar-refractivity contribution < 1.29 is 14.3 Å². The van der Waals surface area contributed by atoms with Gasteiger partial charge in [-0.25, -0.2) is 14.8 Å². The number of nitrogens with zero attached hydrogens (tertiary/aromatic N) is 5. The Labute approximate surface area is 229 Å². The van der Waals surface area contributed by atoms with Crippen molar-refractivity contribution in [3.05, 3.63) is 77.6 Å². The van der Waals surface area contributed by atoms with Gasteiger partial charge in [-0.1, -0.05) is 24.6 Å². The first-order valence-corrected chi connectivity index (χ1v) is 13.7. The molecule has 2 amide bonds. The number of ether oxygens (including phenoxy) is 1. The number of amides is 2. The van der Waals surface area contributed by atoms with Crippen molar-refractivity contribution in [3.63, 3.8) is 0 Å². The average molecular weight is 529 g/mol. The van der Waals surface area contributed by atoms with Gasteiger partial charge < -0.3 is 19.9 Å². The number of hydrogen-bond acceptors (Lipinski definition) is 7. The van der Waals surface area contributed by atoms with Gasteiger partial charge in [-0.3, -0.25) is 9.69 Å². The number of hydrogen-bond donors (Lipinski definition) is 1. The van der Waals surface area contributed by atoms with Crippen molar-refractivity contribution in [2.24, 2.45) is 0 Å². The normalized spacial score (nSPS) is 18.1. The summed E-state index contributed by atoms with van der Waals surface area (Å²) in [6.45, 7) is 8.78. The highest BCUT2D eigenvalue weighted by Gasteiger charge is 2.24. The summed E-state index contributed by atoms with van der Waals surface area (Å²) in [6, 6.07) is 15.7. The van der Waals surface area contributed by atoms with Crippen LogP contribution < -0.4 is 15.0 Å². The molecule has 2 aromatic heterocycles. The molecule has 5 rings (SSSR count). The molecule has 1 aromatic carbocycles. The molecule has 0 radical (unpaired) electrons. The second-order valence-corrected chi connectivity index (χ2v) is 10.4. The standard InChI is InChI=1S/C30H36N6O3/c1-22-6-12-27(31-19-22)34-15-17-35(18-16-34)30(38)39-28-13-11-26(20-32-28)33-29(37)25-9-7-24(8-10-25)21-36-14-4-3-5-23(36)2/h6-13,19-20,23H,3-5,14-18,21H2,1-2H3,(H,33,37). The lowest BCUT2D eigenvalue weighted by molar-refractivity contribution is 0.102. The SMILES string of the molecule is Cc1ccc(N2CCN(C(=O)Oc3ccc(NC(=O)c4ccc(CN5CCCCC5C)cc4)cn3)CC2)nc1. The Hall–Kier alpha value is -3.98. The van der Waals surface area contributed by atoms with E-state index in [1.807, 2.05) is 49.5 Å². The fourth-order valence-corrected chi connectivity index (χ4v) is 5.03. The molecule has 9 heteroatoms. The zero-order valence-corrected chi connectivity index (χ0v) is 22.7. The van der Waals surface area contributed by atoms with E-state index in [-0.39, 0.29) is 11.8 Å². The van der Waals surface area contributed by atoms with Gasteiger partial charge in [0.2, 0.25) is 5.88 Å². The summed E-state index contributed by atoms with van der Waals surface area (Å²) in [5, 5.41) is 2.86. The van der Waals surface area contributed by atoms with E-state index in [0.29, 0.717) is 43.5 Å². The highest BCUT2D eigenvalue weighted by molar-refractivity contribution is 6.04. The van der Waals surface area contributed by atoms with E-state index in [2.05, 4.69) is 32.0 Å². The molecule has 204 valence electrons. The molecular weight excluding hydrogens is 492 g/mol. The molecule has 2 saturated heterocycles. The molecule has 1 atom stereocenters. The van der Waals surface area contributed by atoms with E-state index < -0.39 is 6.09 Å². The van der Waals surface area contributed by atoms with Gasteiger partial charge in [0.1, 0.15) is 5.82 Å². The first kappa shape index (κ1) is 26.6. The van der Waals surface area contributed by atoms with Crippen molar-refractivity contribution >= 4 is 23.5 Å². The third-order valence-corrected chi connectivity index (χ3v) is 7.49. The van der Waals surface area contributed by atoms with Crippen LogP contribution in [0.25, 0.3) is 0 Å². The maximum absolute atomic E-state index is 12.7. The number of rotatable bonds is 6. The molecule has 0 spiro atoms. The molecule has 39 heavy (non-hydrogen) atoms. The Morgan fingerprint density at radius 3 is 2.38 bits per heavy atom. The quantitative estimate of drug-likeness (QED) is 0.495. The van der Waals surface area contributed by atoms with Gasteiger partial charge in [0.05, 0.1) is 11.9 Å². The fourth-order valence-electron chi connectivity index (χ4n) is 5.03. The predicted molar refractivity (Wildman–Crippen MR) is 151 cm³/mol. The van der Waals surface area contributed by atoms with Crippen molar-refractivity contribution in [3.8, 4) is 5.88 Å². The van der Waals surface area contributed by atoms with Crippen molar-refractivity contribution in [2.45, 2.75) is 45.7 Å². The number of benzene rings is 1. The number of likely N-dealkylation sites (tertiary alicyclic amines) is 1. The van der Waals surface area contributed by atoms with Crippen LogP contribution in [0.4, 0.5) is 16.3 Å². The van der Waals surface area contributed by atoms with Gasteiger partial charge in [-0.15, -0.1) is 0 Å². The lowest BCUT2D eigenvalue weighted by Crippen LogP contribution is -2.49. The van der Waals surface area contributed by atoms with Gasteiger partial charge >= 0.3 is 6.09 Å². The number of anilines is 2. The summed E-state index contributed by atoms with van der Waals surface area (Å²) in [4.78, 5) is 40.4. The minimum atomic E-state index is -0.435. The molecule has 1 N–H and O–H groups in total. The Balaban J connectivity index is 1.08. The summed E-state index contributed by atoms with van der Waals surface area (Å²) in [5.41, 5.74) is 3.44. The first-order chi connectivity index (χ1) is 18.9. The molecule has 4 heterocycles. The third kappa shape index (κ3) is 6.92. The van der Waals surface area contributed by atoms with E-state index in [4.69, 9.17) is 4.74 Å². The van der Waals surface area contributed by atoms with Crippen LogP contribution in [0.2, 0.25) is 0 Å². The van der Waals surface area contributed by atoms with E-state index in [0.717, 1.165) is 24.5 Å². The van der Waals surface area contributed by atoms with Crippen molar-refractivity contribution in [2.75, 3.05) is 42.9 Å². The number of carbonyl (C=O) groups excluding carboxylic acids is 2. The number of aromatic nitrogens is 2. The maximum Gasteiger partial charge on any atom is 0.416 e. The minimum Gasteiger partial charge on any atom is -0.391 e.